The summed E-state index contributed by atoms with van der Waals surface area (Å²) >= 11 is 0. The SMILES string of the molecule is Cc1ccc(C(=O)NC2CC2)cc1-c1ccc2c(NC(=O)c3ccc(F)cc3)n[nH]c2n1. The molecular formula is C24H20FN5O2. The molecule has 1 aliphatic carbocycles. The molecule has 0 atom stereocenters. The summed E-state index contributed by atoms with van der Waals surface area (Å²) in [5, 5.41) is 13.4. The highest BCUT2D eigenvalue weighted by Gasteiger charge is 2.24. The van der Waals surface area contributed by atoms with Crippen molar-refractivity contribution in [1.29, 1.82) is 0 Å². The summed E-state index contributed by atoms with van der Waals surface area (Å²) in [4.78, 5) is 29.5. The van der Waals surface area contributed by atoms with E-state index >= 15 is 0 Å². The highest BCUT2D eigenvalue weighted by Crippen LogP contribution is 2.28. The maximum absolute atomic E-state index is 13.1. The van der Waals surface area contributed by atoms with Gasteiger partial charge in [-0.2, -0.15) is 5.10 Å². The van der Waals surface area contributed by atoms with Crippen LogP contribution in [0.3, 0.4) is 0 Å². The summed E-state index contributed by atoms with van der Waals surface area (Å²) in [6.07, 6.45) is 2.06. The normalized spacial score (nSPS) is 13.2. The number of carbonyl (C=O) groups is 2. The second kappa shape index (κ2) is 7.88. The number of H-pyrrole nitrogens is 1. The molecule has 1 saturated carbocycles. The monoisotopic (exact) mass is 429 g/mol. The summed E-state index contributed by atoms with van der Waals surface area (Å²) in [6.45, 7) is 1.96. The maximum atomic E-state index is 13.1. The fraction of sp³-hybridized carbons (Fsp3) is 0.167. The smallest absolute Gasteiger partial charge is 0.256 e. The molecule has 0 bridgehead atoms. The molecule has 1 fully saturated rings. The van der Waals surface area contributed by atoms with E-state index in [-0.39, 0.29) is 11.9 Å². The summed E-state index contributed by atoms with van der Waals surface area (Å²) < 4.78 is 13.1. The number of rotatable bonds is 5. The van der Waals surface area contributed by atoms with Gasteiger partial charge in [-0.3, -0.25) is 14.7 Å². The zero-order chi connectivity index (χ0) is 22.2. The van der Waals surface area contributed by atoms with Crippen LogP contribution in [0.15, 0.2) is 54.6 Å². The predicted octanol–water partition coefficient (Wildman–Crippen LogP) is 4.22. The molecule has 0 aliphatic heterocycles. The lowest BCUT2D eigenvalue weighted by atomic mass is 10.0. The number of anilines is 1. The Bertz CT molecular complexity index is 1340. The number of hydrogen-bond donors (Lipinski definition) is 3. The van der Waals surface area contributed by atoms with Crippen molar-refractivity contribution >= 4 is 28.7 Å². The summed E-state index contributed by atoms with van der Waals surface area (Å²) in [6, 6.07) is 14.8. The van der Waals surface area contributed by atoms with Crippen molar-refractivity contribution in [3.8, 4) is 11.3 Å². The first-order valence-electron chi connectivity index (χ1n) is 10.3. The van der Waals surface area contributed by atoms with Crippen LogP contribution in [0, 0.1) is 12.7 Å². The molecule has 5 rings (SSSR count). The molecule has 0 saturated heterocycles. The predicted molar refractivity (Wildman–Crippen MR) is 119 cm³/mol. The fourth-order valence-corrected chi connectivity index (χ4v) is 3.47. The molecule has 3 N–H and O–H groups in total. The van der Waals surface area contributed by atoms with E-state index in [2.05, 4.69) is 25.8 Å². The third kappa shape index (κ3) is 3.94. The minimum atomic E-state index is -0.409. The molecule has 160 valence electrons. The van der Waals surface area contributed by atoms with Crippen LogP contribution in [-0.2, 0) is 0 Å². The van der Waals surface area contributed by atoms with Gasteiger partial charge in [0.15, 0.2) is 11.5 Å². The Kier molecular flexibility index (Phi) is 4.89. The van der Waals surface area contributed by atoms with E-state index in [1.165, 1.54) is 24.3 Å². The van der Waals surface area contributed by atoms with E-state index in [1.54, 1.807) is 0 Å². The number of fused-ring (bicyclic) bond motifs is 1. The van der Waals surface area contributed by atoms with Gasteiger partial charge >= 0.3 is 0 Å². The number of aryl methyl sites for hydroxylation is 1. The van der Waals surface area contributed by atoms with E-state index in [0.29, 0.717) is 33.7 Å². The minimum Gasteiger partial charge on any atom is -0.349 e. The Labute approximate surface area is 183 Å². The summed E-state index contributed by atoms with van der Waals surface area (Å²) in [7, 11) is 0. The van der Waals surface area contributed by atoms with Crippen molar-refractivity contribution in [2.75, 3.05) is 5.32 Å². The number of benzene rings is 2. The molecule has 0 spiro atoms. The maximum Gasteiger partial charge on any atom is 0.256 e. The molecule has 2 amide bonds. The first-order chi connectivity index (χ1) is 15.5. The highest BCUT2D eigenvalue weighted by atomic mass is 19.1. The number of nitrogens with one attached hydrogen (secondary N) is 3. The second-order valence-corrected chi connectivity index (χ2v) is 7.90. The van der Waals surface area contributed by atoms with Gasteiger partial charge in [0.2, 0.25) is 0 Å². The molecule has 2 heterocycles. The molecule has 1 aliphatic rings. The molecule has 7 nitrogen and oxygen atoms in total. The number of aromatic amines is 1. The average Bonchev–Trinajstić information content (AvgIpc) is 3.52. The Morgan fingerprint density at radius 1 is 1.00 bits per heavy atom. The van der Waals surface area contributed by atoms with Gasteiger partial charge in [-0.15, -0.1) is 0 Å². The Morgan fingerprint density at radius 3 is 2.50 bits per heavy atom. The van der Waals surface area contributed by atoms with Crippen LogP contribution in [0.25, 0.3) is 22.3 Å². The van der Waals surface area contributed by atoms with Crippen LogP contribution >= 0.6 is 0 Å². The van der Waals surface area contributed by atoms with E-state index in [1.807, 2.05) is 37.3 Å². The lowest BCUT2D eigenvalue weighted by Crippen LogP contribution is -2.25. The van der Waals surface area contributed by atoms with Gasteiger partial charge in [0.1, 0.15) is 5.82 Å². The molecule has 2 aromatic heterocycles. The highest BCUT2D eigenvalue weighted by molar-refractivity contribution is 6.07. The topological polar surface area (TPSA) is 99.8 Å². The Morgan fingerprint density at radius 2 is 1.75 bits per heavy atom. The summed E-state index contributed by atoms with van der Waals surface area (Å²) in [5.41, 5.74) is 3.95. The third-order valence-corrected chi connectivity index (χ3v) is 5.45. The van der Waals surface area contributed by atoms with Gasteiger partial charge < -0.3 is 10.6 Å². The number of nitrogens with zero attached hydrogens (tertiary/aromatic N) is 2. The van der Waals surface area contributed by atoms with Crippen molar-refractivity contribution in [1.82, 2.24) is 20.5 Å². The van der Waals surface area contributed by atoms with Crippen LogP contribution in [-0.4, -0.2) is 33.0 Å². The molecule has 0 unspecified atom stereocenters. The van der Waals surface area contributed by atoms with Crippen LogP contribution in [0.1, 0.15) is 39.1 Å². The number of carbonyl (C=O) groups excluding carboxylic acids is 2. The molecule has 0 radical (unpaired) electrons. The van der Waals surface area contributed by atoms with Crippen LogP contribution in [0.4, 0.5) is 10.2 Å². The standard InChI is InChI=1S/C24H20FN5O2/c1-13-2-3-15(24(32)26-17-8-9-17)12-19(13)20-11-10-18-21(27-20)29-30-22(18)28-23(31)14-4-6-16(25)7-5-14/h2-7,10-12,17H,8-9H2,1H3,(H,26,32)(H2,27,28,29,30,31). The van der Waals surface area contributed by atoms with E-state index < -0.39 is 11.7 Å². The number of halogens is 1. The van der Waals surface area contributed by atoms with Crippen molar-refractivity contribution in [3.63, 3.8) is 0 Å². The number of hydrogen-bond acceptors (Lipinski definition) is 4. The Hall–Kier alpha value is -4.07. The number of amides is 2. The number of aromatic nitrogens is 3. The van der Waals surface area contributed by atoms with Gasteiger partial charge in [-0.05, 0) is 73.9 Å². The average molecular weight is 429 g/mol. The molecule has 2 aromatic carbocycles. The zero-order valence-electron chi connectivity index (χ0n) is 17.3. The van der Waals surface area contributed by atoms with Gasteiger partial charge in [0.05, 0.1) is 11.1 Å². The first kappa shape index (κ1) is 19.9. The van der Waals surface area contributed by atoms with Gasteiger partial charge in [-0.25, -0.2) is 9.37 Å². The van der Waals surface area contributed by atoms with Crippen molar-refractivity contribution < 1.29 is 14.0 Å². The van der Waals surface area contributed by atoms with Crippen LogP contribution < -0.4 is 10.6 Å². The van der Waals surface area contributed by atoms with Crippen molar-refractivity contribution in [3.05, 3.63) is 77.1 Å². The zero-order valence-corrected chi connectivity index (χ0v) is 17.3. The van der Waals surface area contributed by atoms with E-state index in [9.17, 15) is 14.0 Å². The first-order valence-corrected chi connectivity index (χ1v) is 10.3. The number of pyridine rings is 1. The summed E-state index contributed by atoms with van der Waals surface area (Å²) in [5.74, 6) is -0.551. The largest absolute Gasteiger partial charge is 0.349 e. The van der Waals surface area contributed by atoms with Gasteiger partial charge in [-0.1, -0.05) is 6.07 Å². The lowest BCUT2D eigenvalue weighted by Gasteiger charge is -2.09. The Balaban J connectivity index is 1.42. The van der Waals surface area contributed by atoms with Crippen LogP contribution in [0.2, 0.25) is 0 Å². The van der Waals surface area contributed by atoms with Crippen LogP contribution in [0.5, 0.6) is 0 Å². The van der Waals surface area contributed by atoms with Crippen molar-refractivity contribution in [2.24, 2.45) is 0 Å². The fourth-order valence-electron chi connectivity index (χ4n) is 3.47. The van der Waals surface area contributed by atoms with Gasteiger partial charge in [0.25, 0.3) is 11.8 Å². The van der Waals surface area contributed by atoms with E-state index in [4.69, 9.17) is 0 Å². The van der Waals surface area contributed by atoms with E-state index in [0.717, 1.165) is 24.0 Å². The third-order valence-electron chi connectivity index (χ3n) is 5.45. The van der Waals surface area contributed by atoms with Gasteiger partial charge in [0, 0.05) is 22.7 Å². The second-order valence-electron chi connectivity index (χ2n) is 7.90. The molecule has 32 heavy (non-hydrogen) atoms. The lowest BCUT2D eigenvalue weighted by molar-refractivity contribution is 0.0950. The minimum absolute atomic E-state index is 0.0813. The molecule has 8 heteroatoms. The molecular weight excluding hydrogens is 409 g/mol. The van der Waals surface area contributed by atoms with Crippen molar-refractivity contribution in [2.45, 2.75) is 25.8 Å². The molecule has 4 aromatic rings. The quantitative estimate of drug-likeness (QED) is 0.442.